The topological polar surface area (TPSA) is 68.0 Å². The highest BCUT2D eigenvalue weighted by atomic mass is 35.5. The Balaban J connectivity index is 2.32. The number of aryl methyl sites for hydroxylation is 1. The molecule has 1 amide bonds. The van der Waals surface area contributed by atoms with Crippen LogP contribution in [0.1, 0.15) is 15.9 Å². The van der Waals surface area contributed by atoms with Gasteiger partial charge >= 0.3 is 0 Å². The number of nitrogen functional groups attached to an aromatic ring is 1. The number of nitrogens with zero attached hydrogens (tertiary/aromatic N) is 1. The van der Waals surface area contributed by atoms with Crippen LogP contribution in [0.5, 0.6) is 0 Å². The summed E-state index contributed by atoms with van der Waals surface area (Å²) in [5.74, 6) is -0.261. The Kier molecular flexibility index (Phi) is 4.38. The minimum Gasteiger partial charge on any atom is -0.382 e. The molecular weight excluding hydrogens is 321 g/mol. The van der Waals surface area contributed by atoms with E-state index in [1.165, 1.54) is 12.3 Å². The van der Waals surface area contributed by atoms with Gasteiger partial charge in [0, 0.05) is 6.20 Å². The molecular formula is C13H10Cl3N3O. The molecule has 0 saturated carbocycles. The van der Waals surface area contributed by atoms with E-state index in [-0.39, 0.29) is 16.4 Å². The van der Waals surface area contributed by atoms with Crippen molar-refractivity contribution in [1.29, 1.82) is 0 Å². The highest BCUT2D eigenvalue weighted by Gasteiger charge is 2.14. The molecule has 0 aliphatic rings. The molecule has 2 aromatic rings. The fourth-order valence-electron chi connectivity index (χ4n) is 1.53. The van der Waals surface area contributed by atoms with Crippen molar-refractivity contribution in [3.63, 3.8) is 0 Å². The number of carbonyl (C=O) groups excluding carboxylic acids is 1. The van der Waals surface area contributed by atoms with Crippen molar-refractivity contribution < 1.29 is 4.79 Å². The van der Waals surface area contributed by atoms with Gasteiger partial charge in [0.2, 0.25) is 0 Å². The van der Waals surface area contributed by atoms with Crippen molar-refractivity contribution in [1.82, 2.24) is 4.98 Å². The second-order valence-corrected chi connectivity index (χ2v) is 5.29. The molecule has 1 aromatic carbocycles. The summed E-state index contributed by atoms with van der Waals surface area (Å²) in [6.45, 7) is 1.82. The fraction of sp³-hybridized carbons (Fsp3) is 0.0769. The first kappa shape index (κ1) is 14.9. The number of rotatable bonds is 2. The van der Waals surface area contributed by atoms with Crippen LogP contribution in [0.3, 0.4) is 0 Å². The predicted octanol–water partition coefficient (Wildman–Crippen LogP) is 4.18. The zero-order valence-electron chi connectivity index (χ0n) is 10.4. The smallest absolute Gasteiger partial charge is 0.257 e. The lowest BCUT2D eigenvalue weighted by Gasteiger charge is -2.11. The number of aromatic nitrogens is 1. The third-order valence-corrected chi connectivity index (χ3v) is 3.76. The molecule has 0 saturated heterocycles. The van der Waals surface area contributed by atoms with Crippen molar-refractivity contribution in [2.24, 2.45) is 0 Å². The Labute approximate surface area is 130 Å². The monoisotopic (exact) mass is 329 g/mol. The summed E-state index contributed by atoms with van der Waals surface area (Å²) in [4.78, 5) is 15.9. The van der Waals surface area contributed by atoms with Crippen LogP contribution in [0, 0.1) is 6.92 Å². The molecule has 20 heavy (non-hydrogen) atoms. The summed E-state index contributed by atoms with van der Waals surface area (Å²) in [6, 6.07) is 4.85. The Hall–Kier alpha value is -1.49. The molecule has 0 radical (unpaired) electrons. The maximum absolute atomic E-state index is 12.1. The van der Waals surface area contributed by atoms with Crippen molar-refractivity contribution >= 4 is 52.2 Å². The molecule has 4 nitrogen and oxygen atoms in total. The molecule has 0 unspecified atom stereocenters. The molecule has 0 spiro atoms. The van der Waals surface area contributed by atoms with Gasteiger partial charge in [0.25, 0.3) is 5.91 Å². The summed E-state index contributed by atoms with van der Waals surface area (Å²) in [6.07, 6.45) is 1.33. The van der Waals surface area contributed by atoms with Gasteiger partial charge in [-0.15, -0.1) is 0 Å². The van der Waals surface area contributed by atoms with E-state index in [4.69, 9.17) is 40.5 Å². The van der Waals surface area contributed by atoms with Crippen LogP contribution < -0.4 is 11.1 Å². The zero-order valence-corrected chi connectivity index (χ0v) is 12.6. The maximum Gasteiger partial charge on any atom is 0.257 e. The molecule has 0 bridgehead atoms. The molecule has 1 aromatic heterocycles. The van der Waals surface area contributed by atoms with Crippen LogP contribution in [-0.4, -0.2) is 10.9 Å². The molecule has 0 fully saturated rings. The van der Waals surface area contributed by atoms with Crippen LogP contribution in [0.25, 0.3) is 0 Å². The van der Waals surface area contributed by atoms with Crippen LogP contribution >= 0.6 is 34.8 Å². The summed E-state index contributed by atoms with van der Waals surface area (Å²) in [7, 11) is 0. The molecule has 2 rings (SSSR count). The van der Waals surface area contributed by atoms with E-state index < -0.39 is 5.91 Å². The number of benzene rings is 1. The van der Waals surface area contributed by atoms with Gasteiger partial charge in [-0.2, -0.15) is 0 Å². The lowest BCUT2D eigenvalue weighted by molar-refractivity contribution is 0.102. The van der Waals surface area contributed by atoms with Crippen LogP contribution in [-0.2, 0) is 0 Å². The summed E-state index contributed by atoms with van der Waals surface area (Å²) < 4.78 is 0. The number of hydrogen-bond acceptors (Lipinski definition) is 3. The van der Waals surface area contributed by atoms with Gasteiger partial charge in [-0.05, 0) is 24.6 Å². The van der Waals surface area contributed by atoms with Crippen LogP contribution in [0.4, 0.5) is 11.5 Å². The van der Waals surface area contributed by atoms with Crippen LogP contribution in [0.15, 0.2) is 24.4 Å². The quantitative estimate of drug-likeness (QED) is 0.867. The van der Waals surface area contributed by atoms with E-state index in [0.717, 1.165) is 5.56 Å². The van der Waals surface area contributed by atoms with Gasteiger partial charge in [0.15, 0.2) is 0 Å². The Morgan fingerprint density at radius 1 is 1.25 bits per heavy atom. The van der Waals surface area contributed by atoms with Gasteiger partial charge in [-0.1, -0.05) is 40.9 Å². The first-order valence-electron chi connectivity index (χ1n) is 5.57. The van der Waals surface area contributed by atoms with Gasteiger partial charge < -0.3 is 11.1 Å². The number of hydrogen-bond donors (Lipinski definition) is 2. The number of pyridine rings is 1. The highest BCUT2D eigenvalue weighted by Crippen LogP contribution is 2.33. The molecule has 7 heteroatoms. The molecule has 0 aliphatic carbocycles. The zero-order chi connectivity index (χ0) is 14.9. The molecule has 3 N–H and O–H groups in total. The summed E-state index contributed by atoms with van der Waals surface area (Å²) in [5, 5.41) is 3.59. The highest BCUT2D eigenvalue weighted by molar-refractivity contribution is 6.40. The second kappa shape index (κ2) is 5.87. The normalized spacial score (nSPS) is 10.4. The van der Waals surface area contributed by atoms with Crippen LogP contribution in [0.2, 0.25) is 15.1 Å². The lowest BCUT2D eigenvalue weighted by Crippen LogP contribution is -2.13. The molecule has 0 atom stereocenters. The minimum atomic E-state index is -0.422. The van der Waals surface area contributed by atoms with Gasteiger partial charge in [-0.25, -0.2) is 4.98 Å². The number of nitrogens with one attached hydrogen (secondary N) is 1. The average Bonchev–Trinajstić information content (AvgIpc) is 2.42. The second-order valence-electron chi connectivity index (χ2n) is 4.10. The minimum absolute atomic E-state index is 0.162. The average molecular weight is 331 g/mol. The van der Waals surface area contributed by atoms with Crippen molar-refractivity contribution in [2.45, 2.75) is 6.92 Å². The Bertz CT molecular complexity index is 689. The number of anilines is 2. The van der Waals surface area contributed by atoms with Crippen molar-refractivity contribution in [2.75, 3.05) is 11.1 Å². The molecule has 0 aliphatic heterocycles. The number of halogens is 3. The van der Waals surface area contributed by atoms with Gasteiger partial charge in [-0.3, -0.25) is 4.79 Å². The van der Waals surface area contributed by atoms with Gasteiger partial charge in [0.05, 0.1) is 26.3 Å². The maximum atomic E-state index is 12.1. The number of amides is 1. The van der Waals surface area contributed by atoms with E-state index in [2.05, 4.69) is 10.3 Å². The number of carbonyl (C=O) groups is 1. The van der Waals surface area contributed by atoms with E-state index >= 15 is 0 Å². The largest absolute Gasteiger partial charge is 0.382 e. The Morgan fingerprint density at radius 2 is 1.95 bits per heavy atom. The van der Waals surface area contributed by atoms with E-state index in [1.54, 1.807) is 12.1 Å². The SMILES string of the molecule is Cc1ccc(Cl)c(NC(=O)c2cnc(N)c(Cl)c2)c1Cl. The first-order valence-corrected chi connectivity index (χ1v) is 6.70. The fourth-order valence-corrected chi connectivity index (χ4v) is 2.16. The van der Waals surface area contributed by atoms with Gasteiger partial charge in [0.1, 0.15) is 5.82 Å². The molecule has 1 heterocycles. The summed E-state index contributed by atoms with van der Waals surface area (Å²) in [5.41, 5.74) is 6.91. The van der Waals surface area contributed by atoms with E-state index in [9.17, 15) is 4.79 Å². The Morgan fingerprint density at radius 3 is 2.60 bits per heavy atom. The summed E-state index contributed by atoms with van der Waals surface area (Å²) >= 11 is 18.0. The van der Waals surface area contributed by atoms with E-state index in [0.29, 0.717) is 15.7 Å². The van der Waals surface area contributed by atoms with Crippen molar-refractivity contribution in [3.8, 4) is 0 Å². The third-order valence-electron chi connectivity index (χ3n) is 2.65. The van der Waals surface area contributed by atoms with E-state index in [1.807, 2.05) is 6.92 Å². The standard InChI is InChI=1S/C13H10Cl3N3O/c1-6-2-3-8(14)11(10(6)16)19-13(20)7-4-9(15)12(17)18-5-7/h2-5H,1H3,(H2,17,18)(H,19,20). The number of nitrogens with two attached hydrogens (primary N) is 1. The van der Waals surface area contributed by atoms with Crippen molar-refractivity contribution in [3.05, 3.63) is 50.6 Å². The lowest BCUT2D eigenvalue weighted by atomic mass is 10.2. The molecule has 104 valence electrons. The first-order chi connectivity index (χ1) is 9.40. The third kappa shape index (κ3) is 2.98. The predicted molar refractivity (Wildman–Crippen MR) is 82.8 cm³/mol.